The predicted molar refractivity (Wildman–Crippen MR) is 102 cm³/mol. The molecule has 1 aliphatic carbocycles. The number of alkyl carbamates (subject to hydrolysis) is 1. The molecule has 25 heavy (non-hydrogen) atoms. The zero-order chi connectivity index (χ0) is 18.1. The minimum Gasteiger partial charge on any atom is -0.445 e. The van der Waals surface area contributed by atoms with E-state index in [2.05, 4.69) is 43.4 Å². The number of hydrogen-bond donors (Lipinski definition) is 1. The van der Waals surface area contributed by atoms with Crippen LogP contribution in [0.3, 0.4) is 0 Å². The van der Waals surface area contributed by atoms with Gasteiger partial charge in [-0.05, 0) is 63.6 Å². The zero-order valence-electron chi connectivity index (χ0n) is 15.8. The Hall–Kier alpha value is -1.97. The molecule has 0 bridgehead atoms. The van der Waals surface area contributed by atoms with E-state index in [1.165, 1.54) is 12.8 Å². The zero-order valence-corrected chi connectivity index (χ0v) is 15.8. The second-order valence-electron chi connectivity index (χ2n) is 7.30. The van der Waals surface area contributed by atoms with Crippen LogP contribution < -0.4 is 5.32 Å². The van der Waals surface area contributed by atoms with Gasteiger partial charge in [-0.15, -0.1) is 0 Å². The first-order chi connectivity index (χ1) is 12.0. The van der Waals surface area contributed by atoms with Gasteiger partial charge in [0.05, 0.1) is 0 Å². The molecule has 0 atom stereocenters. The van der Waals surface area contributed by atoms with Gasteiger partial charge in [0.15, 0.2) is 0 Å². The standard InChI is InChI=1S/C21H32N2O2/c1-17(2)23(3)15-7-10-18-11-13-20(14-12-18)22-21(24)25-16-19-8-5-4-6-9-19/h4-9,15,17-18,20H,10-14,16H2,1-3H3,(H,22,24)/t18-,20-. The highest BCUT2D eigenvalue weighted by atomic mass is 16.5. The first kappa shape index (κ1) is 19.4. The van der Waals surface area contributed by atoms with E-state index >= 15 is 0 Å². The number of amides is 1. The van der Waals surface area contributed by atoms with Crippen molar-refractivity contribution in [2.24, 2.45) is 5.92 Å². The Labute approximate surface area is 152 Å². The minimum absolute atomic E-state index is 0.252. The van der Waals surface area contributed by atoms with Crippen LogP contribution in [0, 0.1) is 5.92 Å². The van der Waals surface area contributed by atoms with Gasteiger partial charge >= 0.3 is 6.09 Å². The third-order valence-corrected chi connectivity index (χ3v) is 5.01. The molecule has 1 aliphatic rings. The normalized spacial score (nSPS) is 20.6. The molecule has 0 aromatic heterocycles. The summed E-state index contributed by atoms with van der Waals surface area (Å²) in [6, 6.07) is 10.6. The summed E-state index contributed by atoms with van der Waals surface area (Å²) in [7, 11) is 2.11. The molecule has 0 saturated heterocycles. The number of allylic oxidation sites excluding steroid dienone is 1. The molecule has 1 aromatic rings. The van der Waals surface area contributed by atoms with E-state index in [0.717, 1.165) is 30.7 Å². The molecule has 2 rings (SSSR count). The number of rotatable bonds is 7. The summed E-state index contributed by atoms with van der Waals surface area (Å²) in [5.41, 5.74) is 1.01. The summed E-state index contributed by atoms with van der Waals surface area (Å²) in [4.78, 5) is 14.2. The topological polar surface area (TPSA) is 41.6 Å². The van der Waals surface area contributed by atoms with Crippen LogP contribution in [0.5, 0.6) is 0 Å². The summed E-state index contributed by atoms with van der Waals surface area (Å²) in [6.45, 7) is 4.71. The summed E-state index contributed by atoms with van der Waals surface area (Å²) >= 11 is 0. The Morgan fingerprint density at radius 1 is 1.24 bits per heavy atom. The van der Waals surface area contributed by atoms with Crippen molar-refractivity contribution in [3.8, 4) is 0 Å². The molecule has 4 heteroatoms. The lowest BCUT2D eigenvalue weighted by Gasteiger charge is -2.28. The minimum atomic E-state index is -0.300. The van der Waals surface area contributed by atoms with Crippen molar-refractivity contribution in [1.82, 2.24) is 10.2 Å². The summed E-state index contributed by atoms with van der Waals surface area (Å²) in [6.07, 6.45) is 9.72. The number of benzene rings is 1. The highest BCUT2D eigenvalue weighted by molar-refractivity contribution is 5.67. The van der Waals surface area contributed by atoms with Crippen LogP contribution in [0.25, 0.3) is 0 Å². The van der Waals surface area contributed by atoms with E-state index in [1.54, 1.807) is 0 Å². The Balaban J connectivity index is 1.62. The third-order valence-electron chi connectivity index (χ3n) is 5.01. The molecule has 0 heterocycles. The van der Waals surface area contributed by atoms with Gasteiger partial charge in [0.1, 0.15) is 6.61 Å². The van der Waals surface area contributed by atoms with Gasteiger partial charge in [0.25, 0.3) is 0 Å². The lowest BCUT2D eigenvalue weighted by atomic mass is 9.84. The molecule has 1 amide bonds. The van der Waals surface area contributed by atoms with Crippen molar-refractivity contribution in [2.75, 3.05) is 7.05 Å². The van der Waals surface area contributed by atoms with Gasteiger partial charge in [0.2, 0.25) is 0 Å². The molecule has 1 saturated carbocycles. The number of carbonyl (C=O) groups excluding carboxylic acids is 1. The van der Waals surface area contributed by atoms with E-state index < -0.39 is 0 Å². The van der Waals surface area contributed by atoms with E-state index in [4.69, 9.17) is 4.74 Å². The average Bonchev–Trinajstić information content (AvgIpc) is 2.62. The molecule has 138 valence electrons. The fourth-order valence-corrected chi connectivity index (χ4v) is 3.07. The first-order valence-electron chi connectivity index (χ1n) is 9.40. The van der Waals surface area contributed by atoms with Crippen LogP contribution in [-0.2, 0) is 11.3 Å². The van der Waals surface area contributed by atoms with Crippen molar-refractivity contribution < 1.29 is 9.53 Å². The molecule has 0 radical (unpaired) electrons. The average molecular weight is 344 g/mol. The maximum atomic E-state index is 11.9. The third kappa shape index (κ3) is 7.20. The number of nitrogens with zero attached hydrogens (tertiary/aromatic N) is 1. The Morgan fingerprint density at radius 3 is 2.56 bits per heavy atom. The van der Waals surface area contributed by atoms with Gasteiger partial charge in [0, 0.05) is 19.1 Å². The molecular weight excluding hydrogens is 312 g/mol. The van der Waals surface area contributed by atoms with Crippen LogP contribution in [0.1, 0.15) is 51.5 Å². The molecule has 1 N–H and O–H groups in total. The van der Waals surface area contributed by atoms with Crippen LogP contribution in [-0.4, -0.2) is 30.1 Å². The Bertz CT molecular complexity index is 534. The molecule has 0 unspecified atom stereocenters. The largest absolute Gasteiger partial charge is 0.445 e. The summed E-state index contributed by atoms with van der Waals surface area (Å²) in [5.74, 6) is 0.732. The number of hydrogen-bond acceptors (Lipinski definition) is 3. The number of ether oxygens (including phenoxy) is 1. The van der Waals surface area contributed by atoms with Gasteiger partial charge < -0.3 is 15.0 Å². The first-order valence-corrected chi connectivity index (χ1v) is 9.40. The number of nitrogens with one attached hydrogen (secondary N) is 1. The van der Waals surface area contributed by atoms with E-state index in [0.29, 0.717) is 12.6 Å². The second-order valence-corrected chi connectivity index (χ2v) is 7.30. The molecular formula is C21H32N2O2. The molecule has 0 spiro atoms. The second kappa shape index (κ2) is 10.1. The monoisotopic (exact) mass is 344 g/mol. The Morgan fingerprint density at radius 2 is 1.92 bits per heavy atom. The Kier molecular flexibility index (Phi) is 7.83. The van der Waals surface area contributed by atoms with Crippen LogP contribution in [0.2, 0.25) is 0 Å². The number of carbonyl (C=O) groups is 1. The molecule has 4 nitrogen and oxygen atoms in total. The lowest BCUT2D eigenvalue weighted by Crippen LogP contribution is -2.37. The fraction of sp³-hybridized carbons (Fsp3) is 0.571. The van der Waals surface area contributed by atoms with Gasteiger partial charge in [-0.3, -0.25) is 0 Å². The van der Waals surface area contributed by atoms with Crippen molar-refractivity contribution in [1.29, 1.82) is 0 Å². The maximum absolute atomic E-state index is 11.9. The highest BCUT2D eigenvalue weighted by Gasteiger charge is 2.22. The van der Waals surface area contributed by atoms with Gasteiger partial charge in [-0.2, -0.15) is 0 Å². The van der Waals surface area contributed by atoms with Crippen molar-refractivity contribution in [3.63, 3.8) is 0 Å². The van der Waals surface area contributed by atoms with Crippen molar-refractivity contribution >= 4 is 6.09 Å². The quantitative estimate of drug-likeness (QED) is 0.778. The van der Waals surface area contributed by atoms with E-state index in [1.807, 2.05) is 30.3 Å². The fourth-order valence-electron chi connectivity index (χ4n) is 3.07. The lowest BCUT2D eigenvalue weighted by molar-refractivity contribution is 0.131. The SMILES string of the molecule is CC(C)N(C)C=CC[C@H]1CC[C@H](NC(=O)OCc2ccccc2)CC1. The predicted octanol–water partition coefficient (Wildman–Crippen LogP) is 4.72. The molecule has 0 aliphatic heterocycles. The smallest absolute Gasteiger partial charge is 0.407 e. The summed E-state index contributed by atoms with van der Waals surface area (Å²) in [5, 5.41) is 3.01. The van der Waals surface area contributed by atoms with Crippen LogP contribution in [0.4, 0.5) is 4.79 Å². The van der Waals surface area contributed by atoms with Gasteiger partial charge in [-0.1, -0.05) is 36.4 Å². The maximum Gasteiger partial charge on any atom is 0.407 e. The van der Waals surface area contributed by atoms with E-state index in [9.17, 15) is 4.79 Å². The van der Waals surface area contributed by atoms with Crippen LogP contribution >= 0.6 is 0 Å². The van der Waals surface area contributed by atoms with Crippen molar-refractivity contribution in [2.45, 2.75) is 64.6 Å². The van der Waals surface area contributed by atoms with Gasteiger partial charge in [-0.25, -0.2) is 4.79 Å². The molecule has 1 fully saturated rings. The van der Waals surface area contributed by atoms with Crippen molar-refractivity contribution in [3.05, 3.63) is 48.2 Å². The van der Waals surface area contributed by atoms with E-state index in [-0.39, 0.29) is 12.1 Å². The van der Waals surface area contributed by atoms with Crippen LogP contribution in [0.15, 0.2) is 42.6 Å². The summed E-state index contributed by atoms with van der Waals surface area (Å²) < 4.78 is 5.30. The molecule has 1 aromatic carbocycles. The highest BCUT2D eigenvalue weighted by Crippen LogP contribution is 2.27.